The second kappa shape index (κ2) is 6.78. The predicted octanol–water partition coefficient (Wildman–Crippen LogP) is 2.78. The van der Waals surface area contributed by atoms with Crippen LogP contribution in [0.5, 0.6) is 0 Å². The summed E-state index contributed by atoms with van der Waals surface area (Å²) in [6.07, 6.45) is 4.12. The second-order valence-electron chi connectivity index (χ2n) is 6.82. The molecule has 1 amide bonds. The number of halogens is 1. The van der Waals surface area contributed by atoms with Gasteiger partial charge in [0.15, 0.2) is 5.82 Å². The van der Waals surface area contributed by atoms with Crippen molar-refractivity contribution in [1.82, 2.24) is 15.5 Å². The van der Waals surface area contributed by atoms with Crippen molar-refractivity contribution in [2.45, 2.75) is 31.7 Å². The number of carbonyl (C=O) groups is 1. The molecule has 1 aromatic heterocycles. The van der Waals surface area contributed by atoms with E-state index in [0.29, 0.717) is 11.3 Å². The molecule has 25 heavy (non-hydrogen) atoms. The molecule has 0 spiro atoms. The van der Waals surface area contributed by atoms with Gasteiger partial charge in [-0.1, -0.05) is 18.6 Å². The van der Waals surface area contributed by atoms with E-state index in [4.69, 9.17) is 0 Å². The molecule has 0 unspecified atom stereocenters. The van der Waals surface area contributed by atoms with Crippen molar-refractivity contribution in [3.05, 3.63) is 42.2 Å². The highest BCUT2D eigenvalue weighted by Gasteiger charge is 2.30. The number of amides is 1. The molecule has 1 saturated carbocycles. The molecule has 2 fully saturated rings. The van der Waals surface area contributed by atoms with Gasteiger partial charge in [-0.3, -0.25) is 4.79 Å². The average Bonchev–Trinajstić information content (AvgIpc) is 3.02. The van der Waals surface area contributed by atoms with Crippen molar-refractivity contribution in [1.29, 1.82) is 0 Å². The van der Waals surface area contributed by atoms with Gasteiger partial charge in [0.2, 0.25) is 5.91 Å². The van der Waals surface area contributed by atoms with Gasteiger partial charge in [0.1, 0.15) is 5.82 Å². The number of nitrogens with zero attached hydrogens (tertiary/aromatic N) is 3. The summed E-state index contributed by atoms with van der Waals surface area (Å²) in [4.78, 5) is 14.2. The molecular weight excluding hydrogens is 319 g/mol. The van der Waals surface area contributed by atoms with Gasteiger partial charge in [0, 0.05) is 30.6 Å². The number of carbonyl (C=O) groups excluding carboxylic acids is 1. The molecule has 6 heteroatoms. The Morgan fingerprint density at radius 3 is 2.64 bits per heavy atom. The molecule has 2 aromatic rings. The predicted molar refractivity (Wildman–Crippen MR) is 93.5 cm³/mol. The minimum Gasteiger partial charge on any atom is -0.353 e. The first-order valence-corrected chi connectivity index (χ1v) is 8.84. The third-order valence-electron chi connectivity index (χ3n) is 5.13. The molecule has 5 nitrogen and oxygen atoms in total. The normalized spacial score (nSPS) is 20.4. The highest BCUT2D eigenvalue weighted by Crippen LogP contribution is 2.27. The van der Waals surface area contributed by atoms with Crippen LogP contribution in [-0.4, -0.2) is 35.2 Å². The van der Waals surface area contributed by atoms with Crippen LogP contribution in [0, 0.1) is 11.7 Å². The van der Waals surface area contributed by atoms with Gasteiger partial charge in [-0.2, -0.15) is 0 Å². The van der Waals surface area contributed by atoms with Crippen molar-refractivity contribution in [2.75, 3.05) is 18.0 Å². The Morgan fingerprint density at radius 1 is 1.12 bits per heavy atom. The van der Waals surface area contributed by atoms with Crippen LogP contribution in [-0.2, 0) is 4.79 Å². The lowest BCUT2D eigenvalue weighted by Crippen LogP contribution is -2.42. The fourth-order valence-corrected chi connectivity index (χ4v) is 3.38. The number of hydrogen-bond donors (Lipinski definition) is 1. The van der Waals surface area contributed by atoms with Crippen LogP contribution >= 0.6 is 0 Å². The summed E-state index contributed by atoms with van der Waals surface area (Å²) in [5.41, 5.74) is 0.976. The number of rotatable bonds is 4. The van der Waals surface area contributed by atoms with Crippen LogP contribution in [0.15, 0.2) is 36.4 Å². The van der Waals surface area contributed by atoms with Gasteiger partial charge in [0.05, 0.1) is 5.69 Å². The Morgan fingerprint density at radius 2 is 1.96 bits per heavy atom. The van der Waals surface area contributed by atoms with E-state index >= 15 is 0 Å². The third kappa shape index (κ3) is 3.34. The third-order valence-corrected chi connectivity index (χ3v) is 5.13. The van der Waals surface area contributed by atoms with Gasteiger partial charge >= 0.3 is 0 Å². The van der Waals surface area contributed by atoms with Gasteiger partial charge in [-0.15, -0.1) is 10.2 Å². The summed E-state index contributed by atoms with van der Waals surface area (Å²) >= 11 is 0. The van der Waals surface area contributed by atoms with Crippen molar-refractivity contribution in [3.63, 3.8) is 0 Å². The van der Waals surface area contributed by atoms with E-state index in [0.717, 1.165) is 38.2 Å². The molecular formula is C19H21FN4O. The van der Waals surface area contributed by atoms with Crippen molar-refractivity contribution >= 4 is 11.7 Å². The highest BCUT2D eigenvalue weighted by atomic mass is 19.1. The zero-order valence-electron chi connectivity index (χ0n) is 14.0. The molecule has 2 aliphatic rings. The van der Waals surface area contributed by atoms with Crippen molar-refractivity contribution in [2.24, 2.45) is 5.92 Å². The van der Waals surface area contributed by atoms with E-state index in [1.165, 1.54) is 12.5 Å². The lowest BCUT2D eigenvalue weighted by molar-refractivity contribution is -0.127. The van der Waals surface area contributed by atoms with Crippen molar-refractivity contribution < 1.29 is 9.18 Å². The molecule has 1 aromatic carbocycles. The lowest BCUT2D eigenvalue weighted by Gasteiger charge is -2.26. The standard InChI is InChI=1S/C19H21FN4O/c20-16-7-2-1-6-15(16)17-8-9-18(23-22-17)24-11-10-14(12-24)21-19(25)13-4-3-5-13/h1-2,6-9,13-14H,3-5,10-12H2,(H,21,25)/t14-/m0/s1. The fraction of sp³-hybridized carbons (Fsp3) is 0.421. The fourth-order valence-electron chi connectivity index (χ4n) is 3.38. The maximum Gasteiger partial charge on any atom is 0.223 e. The Labute approximate surface area is 146 Å². The molecule has 2 heterocycles. The first-order valence-electron chi connectivity index (χ1n) is 8.84. The molecule has 1 saturated heterocycles. The zero-order chi connectivity index (χ0) is 17.2. The van der Waals surface area contributed by atoms with E-state index in [2.05, 4.69) is 20.4 Å². The van der Waals surface area contributed by atoms with E-state index in [-0.39, 0.29) is 23.7 Å². The Hall–Kier alpha value is -2.50. The summed E-state index contributed by atoms with van der Waals surface area (Å²) in [6.45, 7) is 1.58. The topological polar surface area (TPSA) is 58.1 Å². The monoisotopic (exact) mass is 340 g/mol. The van der Waals surface area contributed by atoms with E-state index < -0.39 is 0 Å². The van der Waals surface area contributed by atoms with Crippen LogP contribution in [0.4, 0.5) is 10.2 Å². The maximum atomic E-state index is 13.8. The summed E-state index contributed by atoms with van der Waals surface area (Å²) in [5.74, 6) is 0.873. The zero-order valence-corrected chi connectivity index (χ0v) is 14.0. The SMILES string of the molecule is O=C(N[C@H]1CCN(c2ccc(-c3ccccc3F)nn2)C1)C1CCC1. The Bertz CT molecular complexity index is 760. The van der Waals surface area contributed by atoms with Gasteiger partial charge < -0.3 is 10.2 Å². The molecule has 0 radical (unpaired) electrons. The van der Waals surface area contributed by atoms with Crippen LogP contribution < -0.4 is 10.2 Å². The van der Waals surface area contributed by atoms with Crippen molar-refractivity contribution in [3.8, 4) is 11.3 Å². The van der Waals surface area contributed by atoms with Gasteiger partial charge in [-0.25, -0.2) is 4.39 Å². The number of nitrogens with one attached hydrogen (secondary N) is 1. The van der Waals surface area contributed by atoms with Crippen LogP contribution in [0.2, 0.25) is 0 Å². The van der Waals surface area contributed by atoms with Gasteiger partial charge in [0.25, 0.3) is 0 Å². The Balaban J connectivity index is 1.39. The Kier molecular flexibility index (Phi) is 4.34. The minimum absolute atomic E-state index is 0.168. The summed E-state index contributed by atoms with van der Waals surface area (Å²) in [7, 11) is 0. The van der Waals surface area contributed by atoms with E-state index in [1.807, 2.05) is 6.07 Å². The molecule has 1 N–H and O–H groups in total. The van der Waals surface area contributed by atoms with Crippen LogP contribution in [0.1, 0.15) is 25.7 Å². The van der Waals surface area contributed by atoms with Crippen LogP contribution in [0.3, 0.4) is 0 Å². The highest BCUT2D eigenvalue weighted by molar-refractivity contribution is 5.79. The maximum absolute atomic E-state index is 13.8. The summed E-state index contributed by atoms with van der Waals surface area (Å²) in [6, 6.07) is 10.4. The summed E-state index contributed by atoms with van der Waals surface area (Å²) < 4.78 is 13.8. The van der Waals surface area contributed by atoms with E-state index in [1.54, 1.807) is 24.3 Å². The second-order valence-corrected chi connectivity index (χ2v) is 6.82. The first kappa shape index (κ1) is 16.0. The average molecular weight is 340 g/mol. The lowest BCUT2D eigenvalue weighted by atomic mass is 9.84. The number of aromatic nitrogens is 2. The smallest absolute Gasteiger partial charge is 0.223 e. The first-order chi connectivity index (χ1) is 12.2. The summed E-state index contributed by atoms with van der Waals surface area (Å²) in [5, 5.41) is 11.6. The molecule has 4 rings (SSSR count). The molecule has 0 bridgehead atoms. The van der Waals surface area contributed by atoms with E-state index in [9.17, 15) is 9.18 Å². The number of hydrogen-bond acceptors (Lipinski definition) is 4. The molecule has 130 valence electrons. The number of anilines is 1. The molecule has 1 aliphatic heterocycles. The quantitative estimate of drug-likeness (QED) is 0.930. The van der Waals surface area contributed by atoms with Gasteiger partial charge in [-0.05, 0) is 43.5 Å². The minimum atomic E-state index is -0.301. The molecule has 1 atom stereocenters. The molecule has 1 aliphatic carbocycles. The van der Waals surface area contributed by atoms with Crippen LogP contribution in [0.25, 0.3) is 11.3 Å². The largest absolute Gasteiger partial charge is 0.353 e. The number of benzene rings is 1.